The summed E-state index contributed by atoms with van der Waals surface area (Å²) in [4.78, 5) is 11.3. The lowest BCUT2D eigenvalue weighted by molar-refractivity contribution is -0.117. The van der Waals surface area contributed by atoms with E-state index in [4.69, 9.17) is 0 Å². The number of likely N-dealkylation sites (N-methyl/N-ethyl adjacent to an activating group) is 1. The molecule has 0 aromatic carbocycles. The van der Waals surface area contributed by atoms with Crippen LogP contribution >= 0.6 is 0 Å². The molecule has 1 N–H and O–H groups in total. The van der Waals surface area contributed by atoms with Crippen molar-refractivity contribution in [1.82, 2.24) is 5.32 Å². The number of carbonyl (C=O) groups excluding carboxylic acids is 1. The second-order valence-electron chi connectivity index (χ2n) is 2.36. The van der Waals surface area contributed by atoms with Crippen molar-refractivity contribution in [2.45, 2.75) is 13.8 Å². The molecule has 1 amide bonds. The van der Waals surface area contributed by atoms with E-state index in [-0.39, 0.29) is 5.91 Å². The van der Waals surface area contributed by atoms with Gasteiger partial charge in [0.1, 0.15) is 0 Å². The molecule has 0 aromatic heterocycles. The molecular formula is C10H15NO. The monoisotopic (exact) mass is 165 g/mol. The highest BCUT2D eigenvalue weighted by atomic mass is 16.1. The van der Waals surface area contributed by atoms with Gasteiger partial charge in [-0.2, -0.15) is 0 Å². The van der Waals surface area contributed by atoms with Crippen molar-refractivity contribution in [2.75, 3.05) is 6.54 Å². The van der Waals surface area contributed by atoms with Gasteiger partial charge in [0.25, 0.3) is 5.91 Å². The van der Waals surface area contributed by atoms with Gasteiger partial charge in [-0.3, -0.25) is 4.79 Å². The highest BCUT2D eigenvalue weighted by Gasteiger charge is 2.05. The topological polar surface area (TPSA) is 29.1 Å². The summed E-state index contributed by atoms with van der Waals surface area (Å²) in [5, 5.41) is 2.70. The van der Waals surface area contributed by atoms with Crippen LogP contribution in [-0.2, 0) is 4.79 Å². The lowest BCUT2D eigenvalue weighted by Gasteiger charge is -2.04. The maximum Gasteiger partial charge on any atom is 0.251 e. The van der Waals surface area contributed by atoms with Crippen LogP contribution in [0.2, 0.25) is 0 Å². The predicted molar refractivity (Wildman–Crippen MR) is 51.8 cm³/mol. The van der Waals surface area contributed by atoms with Crippen molar-refractivity contribution in [1.29, 1.82) is 0 Å². The van der Waals surface area contributed by atoms with E-state index in [0.717, 1.165) is 5.57 Å². The van der Waals surface area contributed by atoms with Gasteiger partial charge in [0.05, 0.1) is 0 Å². The molecule has 0 atom stereocenters. The van der Waals surface area contributed by atoms with Crippen LogP contribution in [0.1, 0.15) is 13.8 Å². The van der Waals surface area contributed by atoms with Gasteiger partial charge in [-0.25, -0.2) is 0 Å². The van der Waals surface area contributed by atoms with E-state index in [1.807, 2.05) is 13.8 Å². The fourth-order valence-corrected chi connectivity index (χ4v) is 0.799. The molecule has 0 spiro atoms. The molecule has 0 aliphatic heterocycles. The highest BCUT2D eigenvalue weighted by molar-refractivity contribution is 5.97. The van der Waals surface area contributed by atoms with Crippen LogP contribution in [0.4, 0.5) is 0 Å². The summed E-state index contributed by atoms with van der Waals surface area (Å²) < 4.78 is 0. The second kappa shape index (κ2) is 5.35. The normalized spacial score (nSPS) is 11.5. The summed E-state index contributed by atoms with van der Waals surface area (Å²) >= 11 is 0. The minimum absolute atomic E-state index is 0.0927. The molecule has 0 heterocycles. The predicted octanol–water partition coefficient (Wildman–Crippen LogP) is 1.81. The van der Waals surface area contributed by atoms with Crippen molar-refractivity contribution in [3.8, 4) is 0 Å². The van der Waals surface area contributed by atoms with E-state index in [9.17, 15) is 4.79 Å². The lowest BCUT2D eigenvalue weighted by Crippen LogP contribution is -2.24. The molecule has 0 saturated carbocycles. The number of hydrogen-bond acceptors (Lipinski definition) is 1. The first-order chi connectivity index (χ1) is 5.67. The number of nitrogens with one attached hydrogen (secondary N) is 1. The van der Waals surface area contributed by atoms with E-state index >= 15 is 0 Å². The maximum atomic E-state index is 11.3. The lowest BCUT2D eigenvalue weighted by atomic mass is 10.1. The van der Waals surface area contributed by atoms with Gasteiger partial charge in [0.2, 0.25) is 0 Å². The first kappa shape index (κ1) is 10.7. The van der Waals surface area contributed by atoms with Crippen molar-refractivity contribution in [3.05, 3.63) is 36.5 Å². The number of amides is 1. The van der Waals surface area contributed by atoms with Gasteiger partial charge >= 0.3 is 0 Å². The van der Waals surface area contributed by atoms with Gasteiger partial charge in [0, 0.05) is 12.1 Å². The Hall–Kier alpha value is -1.31. The number of rotatable bonds is 4. The fraction of sp³-hybridized carbons (Fsp3) is 0.300. The smallest absolute Gasteiger partial charge is 0.251 e. The number of hydrogen-bond donors (Lipinski definition) is 1. The SMILES string of the molecule is C=C/C(C)=C(\C=C)C(=O)NCC. The standard InChI is InChI=1S/C10H15NO/c1-5-8(4)9(6-2)10(12)11-7-3/h5-6H,1-2,7H2,3-4H3,(H,11,12)/b9-8+. The molecule has 0 aliphatic rings. The summed E-state index contributed by atoms with van der Waals surface area (Å²) in [6.07, 6.45) is 3.19. The van der Waals surface area contributed by atoms with Crippen LogP contribution in [0.25, 0.3) is 0 Å². The van der Waals surface area contributed by atoms with E-state index in [0.29, 0.717) is 12.1 Å². The third kappa shape index (κ3) is 2.74. The first-order valence-corrected chi connectivity index (χ1v) is 3.91. The molecule has 2 heteroatoms. The van der Waals surface area contributed by atoms with Crippen LogP contribution in [0, 0.1) is 0 Å². The molecule has 0 aliphatic carbocycles. The number of allylic oxidation sites excluding steroid dienone is 2. The maximum absolute atomic E-state index is 11.3. The van der Waals surface area contributed by atoms with E-state index in [1.165, 1.54) is 0 Å². The minimum Gasteiger partial charge on any atom is -0.352 e. The first-order valence-electron chi connectivity index (χ1n) is 3.91. The minimum atomic E-state index is -0.0927. The largest absolute Gasteiger partial charge is 0.352 e. The van der Waals surface area contributed by atoms with Gasteiger partial charge in [0.15, 0.2) is 0 Å². The molecule has 0 fully saturated rings. The Bertz CT molecular complexity index is 226. The third-order valence-electron chi connectivity index (χ3n) is 1.52. The van der Waals surface area contributed by atoms with Crippen LogP contribution in [0.15, 0.2) is 36.5 Å². The summed E-state index contributed by atoms with van der Waals surface area (Å²) in [5.41, 5.74) is 1.43. The Balaban J connectivity index is 4.66. The molecule has 0 rings (SSSR count). The Kier molecular flexibility index (Phi) is 4.77. The van der Waals surface area contributed by atoms with E-state index < -0.39 is 0 Å². The summed E-state index contributed by atoms with van der Waals surface area (Å²) in [7, 11) is 0. The molecule has 0 aromatic rings. The Morgan fingerprint density at radius 1 is 1.42 bits per heavy atom. The van der Waals surface area contributed by atoms with Gasteiger partial charge in [-0.05, 0) is 19.4 Å². The molecule has 0 unspecified atom stereocenters. The zero-order chi connectivity index (χ0) is 9.56. The summed E-state index contributed by atoms with van der Waals surface area (Å²) in [6, 6.07) is 0. The zero-order valence-electron chi connectivity index (χ0n) is 7.68. The van der Waals surface area contributed by atoms with Crippen molar-refractivity contribution >= 4 is 5.91 Å². The average Bonchev–Trinajstić information content (AvgIpc) is 2.06. The highest BCUT2D eigenvalue weighted by Crippen LogP contribution is 2.05. The Morgan fingerprint density at radius 2 is 2.00 bits per heavy atom. The number of carbonyl (C=O) groups is 1. The second-order valence-corrected chi connectivity index (χ2v) is 2.36. The molecule has 0 bridgehead atoms. The van der Waals surface area contributed by atoms with Crippen LogP contribution in [0.3, 0.4) is 0 Å². The van der Waals surface area contributed by atoms with E-state index in [2.05, 4.69) is 18.5 Å². The van der Waals surface area contributed by atoms with E-state index in [1.54, 1.807) is 12.2 Å². The van der Waals surface area contributed by atoms with Gasteiger partial charge in [-0.15, -0.1) is 0 Å². The van der Waals surface area contributed by atoms with Crippen molar-refractivity contribution in [3.63, 3.8) is 0 Å². The Morgan fingerprint density at radius 3 is 2.33 bits per heavy atom. The average molecular weight is 165 g/mol. The van der Waals surface area contributed by atoms with Crippen molar-refractivity contribution < 1.29 is 4.79 Å². The fourth-order valence-electron chi connectivity index (χ4n) is 0.799. The molecule has 2 nitrogen and oxygen atoms in total. The molecule has 0 saturated heterocycles. The zero-order valence-corrected chi connectivity index (χ0v) is 7.68. The van der Waals surface area contributed by atoms with Crippen LogP contribution < -0.4 is 5.32 Å². The molecule has 0 radical (unpaired) electrons. The molecule has 12 heavy (non-hydrogen) atoms. The summed E-state index contributed by atoms with van der Waals surface area (Å²) in [5.74, 6) is -0.0927. The molecular weight excluding hydrogens is 150 g/mol. The summed E-state index contributed by atoms with van der Waals surface area (Å²) in [6.45, 7) is 11.5. The Labute approximate surface area is 73.7 Å². The van der Waals surface area contributed by atoms with Gasteiger partial charge in [-0.1, -0.05) is 25.3 Å². The van der Waals surface area contributed by atoms with Crippen LogP contribution in [0.5, 0.6) is 0 Å². The molecule has 66 valence electrons. The quantitative estimate of drug-likeness (QED) is 0.499. The third-order valence-corrected chi connectivity index (χ3v) is 1.52. The van der Waals surface area contributed by atoms with Gasteiger partial charge < -0.3 is 5.32 Å². The van der Waals surface area contributed by atoms with Crippen LogP contribution in [-0.4, -0.2) is 12.5 Å². The van der Waals surface area contributed by atoms with Crippen molar-refractivity contribution in [2.24, 2.45) is 0 Å².